The number of aromatic nitrogens is 1. The lowest BCUT2D eigenvalue weighted by atomic mass is 10.0. The number of amides is 1. The summed E-state index contributed by atoms with van der Waals surface area (Å²) in [5.74, 6) is 1.16. The highest BCUT2D eigenvalue weighted by Gasteiger charge is 2.14. The number of oxazole rings is 1. The van der Waals surface area contributed by atoms with Gasteiger partial charge in [0.25, 0.3) is 0 Å². The molecule has 0 spiro atoms. The van der Waals surface area contributed by atoms with E-state index in [1.165, 1.54) is 0 Å². The average Bonchev–Trinajstić information content (AvgIpc) is 3.15. The van der Waals surface area contributed by atoms with Crippen LogP contribution in [0.4, 0.5) is 0 Å². The molecule has 0 saturated carbocycles. The van der Waals surface area contributed by atoms with Crippen LogP contribution in [-0.4, -0.2) is 10.9 Å². The smallest absolute Gasteiger partial charge is 0.220 e. The summed E-state index contributed by atoms with van der Waals surface area (Å²) in [6.45, 7) is 2.03. The van der Waals surface area contributed by atoms with Gasteiger partial charge in [0.1, 0.15) is 0 Å². The van der Waals surface area contributed by atoms with Crippen LogP contribution in [0.2, 0.25) is 10.0 Å². The summed E-state index contributed by atoms with van der Waals surface area (Å²) in [5.41, 5.74) is 1.94. The Balaban J connectivity index is 1.55. The molecule has 0 aliphatic heterocycles. The number of carbonyl (C=O) groups is 1. The van der Waals surface area contributed by atoms with Crippen molar-refractivity contribution >= 4 is 29.1 Å². The maximum Gasteiger partial charge on any atom is 0.220 e. The first-order valence-electron chi connectivity index (χ1n) is 8.80. The Bertz CT molecular complexity index is 889. The zero-order valence-corrected chi connectivity index (χ0v) is 16.4. The van der Waals surface area contributed by atoms with E-state index in [1.807, 2.05) is 43.3 Å². The lowest BCUT2D eigenvalue weighted by Gasteiger charge is -2.17. The van der Waals surface area contributed by atoms with Crippen LogP contribution in [0.1, 0.15) is 37.3 Å². The summed E-state index contributed by atoms with van der Waals surface area (Å²) >= 11 is 11.8. The molecular formula is C21H20Cl2N2O2. The standard InChI is InChI=1S/C21H20Cl2N2O2/c1-2-18(14-3-7-16(22)8-4-14)25-20(26)11-12-21-24-13-19(27-21)15-5-9-17(23)10-6-15/h3-10,13,18H,2,11-12H2,1H3,(H,25,26). The number of halogens is 2. The number of nitrogens with one attached hydrogen (secondary N) is 1. The summed E-state index contributed by atoms with van der Waals surface area (Å²) < 4.78 is 5.74. The number of rotatable bonds is 7. The van der Waals surface area contributed by atoms with Gasteiger partial charge in [-0.15, -0.1) is 0 Å². The van der Waals surface area contributed by atoms with Crippen LogP contribution in [-0.2, 0) is 11.2 Å². The van der Waals surface area contributed by atoms with Crippen molar-refractivity contribution in [2.75, 3.05) is 0 Å². The lowest BCUT2D eigenvalue weighted by molar-refractivity contribution is -0.121. The van der Waals surface area contributed by atoms with Gasteiger partial charge in [0, 0.05) is 28.5 Å². The monoisotopic (exact) mass is 402 g/mol. The average molecular weight is 403 g/mol. The third kappa shape index (κ3) is 5.34. The number of nitrogens with zero attached hydrogens (tertiary/aromatic N) is 1. The largest absolute Gasteiger partial charge is 0.441 e. The van der Waals surface area contributed by atoms with Crippen molar-refractivity contribution < 1.29 is 9.21 Å². The molecule has 6 heteroatoms. The SMILES string of the molecule is CCC(NC(=O)CCc1ncc(-c2ccc(Cl)cc2)o1)c1ccc(Cl)cc1. The van der Waals surface area contributed by atoms with Crippen molar-refractivity contribution in [2.45, 2.75) is 32.2 Å². The first-order chi connectivity index (χ1) is 13.0. The molecule has 0 aliphatic carbocycles. The van der Waals surface area contributed by atoms with Crippen LogP contribution < -0.4 is 5.32 Å². The van der Waals surface area contributed by atoms with Crippen LogP contribution in [0.5, 0.6) is 0 Å². The molecule has 1 heterocycles. The molecule has 3 aromatic rings. The minimum atomic E-state index is -0.0388. The molecule has 2 aromatic carbocycles. The minimum absolute atomic E-state index is 0.0380. The zero-order valence-electron chi connectivity index (χ0n) is 14.9. The quantitative estimate of drug-likeness (QED) is 0.539. The van der Waals surface area contributed by atoms with Gasteiger partial charge in [0.2, 0.25) is 5.91 Å². The molecule has 0 aliphatic rings. The molecule has 1 unspecified atom stereocenters. The fraction of sp³-hybridized carbons (Fsp3) is 0.238. The molecule has 4 nitrogen and oxygen atoms in total. The van der Waals surface area contributed by atoms with Crippen LogP contribution in [0.25, 0.3) is 11.3 Å². The summed E-state index contributed by atoms with van der Waals surface area (Å²) in [4.78, 5) is 16.6. The molecule has 1 N–H and O–H groups in total. The van der Waals surface area contributed by atoms with Crippen LogP contribution >= 0.6 is 23.2 Å². The van der Waals surface area contributed by atoms with Gasteiger partial charge >= 0.3 is 0 Å². The summed E-state index contributed by atoms with van der Waals surface area (Å²) in [6.07, 6.45) is 3.22. The molecule has 1 atom stereocenters. The molecule has 27 heavy (non-hydrogen) atoms. The molecule has 1 amide bonds. The molecule has 0 saturated heterocycles. The highest BCUT2D eigenvalue weighted by molar-refractivity contribution is 6.30. The van der Waals surface area contributed by atoms with Gasteiger partial charge in [0.05, 0.1) is 12.2 Å². The molecule has 0 bridgehead atoms. The molecule has 0 radical (unpaired) electrons. The van der Waals surface area contributed by atoms with E-state index < -0.39 is 0 Å². The number of benzene rings is 2. The van der Waals surface area contributed by atoms with Gasteiger partial charge in [-0.3, -0.25) is 4.79 Å². The van der Waals surface area contributed by atoms with E-state index in [1.54, 1.807) is 18.3 Å². The first-order valence-corrected chi connectivity index (χ1v) is 9.56. The Morgan fingerprint density at radius 1 is 1.07 bits per heavy atom. The predicted octanol–water partition coefficient (Wildman–Crippen LogP) is 5.85. The van der Waals surface area contributed by atoms with Gasteiger partial charge in [0.15, 0.2) is 11.7 Å². The fourth-order valence-corrected chi connectivity index (χ4v) is 3.03. The predicted molar refractivity (Wildman–Crippen MR) is 108 cm³/mol. The Kier molecular flexibility index (Phi) is 6.54. The van der Waals surface area contributed by atoms with Gasteiger partial charge < -0.3 is 9.73 Å². The van der Waals surface area contributed by atoms with E-state index >= 15 is 0 Å². The van der Waals surface area contributed by atoms with E-state index in [0.29, 0.717) is 34.5 Å². The molecular weight excluding hydrogens is 383 g/mol. The van der Waals surface area contributed by atoms with Crippen LogP contribution in [0, 0.1) is 0 Å². The highest BCUT2D eigenvalue weighted by atomic mass is 35.5. The maximum absolute atomic E-state index is 12.3. The van der Waals surface area contributed by atoms with Gasteiger partial charge in [-0.05, 0) is 48.4 Å². The van der Waals surface area contributed by atoms with Crippen LogP contribution in [0.3, 0.4) is 0 Å². The number of hydrogen-bond acceptors (Lipinski definition) is 3. The number of hydrogen-bond donors (Lipinski definition) is 1. The summed E-state index contributed by atoms with van der Waals surface area (Å²) in [6, 6.07) is 14.8. The Hall–Kier alpha value is -2.30. The van der Waals surface area contributed by atoms with Gasteiger partial charge in [-0.25, -0.2) is 4.98 Å². The Morgan fingerprint density at radius 2 is 1.70 bits per heavy atom. The maximum atomic E-state index is 12.3. The van der Waals surface area contributed by atoms with Crippen molar-refractivity contribution in [1.29, 1.82) is 0 Å². The molecule has 3 rings (SSSR count). The second kappa shape index (κ2) is 9.07. The fourth-order valence-electron chi connectivity index (χ4n) is 2.78. The number of aryl methyl sites for hydroxylation is 1. The normalized spacial score (nSPS) is 12.0. The lowest BCUT2D eigenvalue weighted by Crippen LogP contribution is -2.28. The van der Waals surface area contributed by atoms with Crippen molar-refractivity contribution in [2.24, 2.45) is 0 Å². The number of carbonyl (C=O) groups excluding carboxylic acids is 1. The second-order valence-electron chi connectivity index (χ2n) is 6.21. The minimum Gasteiger partial charge on any atom is -0.441 e. The summed E-state index contributed by atoms with van der Waals surface area (Å²) in [5, 5.41) is 4.40. The van der Waals surface area contributed by atoms with Crippen LogP contribution in [0.15, 0.2) is 59.1 Å². The highest BCUT2D eigenvalue weighted by Crippen LogP contribution is 2.23. The van der Waals surface area contributed by atoms with E-state index in [4.69, 9.17) is 27.6 Å². The van der Waals surface area contributed by atoms with E-state index in [2.05, 4.69) is 10.3 Å². The van der Waals surface area contributed by atoms with Crippen molar-refractivity contribution in [3.63, 3.8) is 0 Å². The molecule has 1 aromatic heterocycles. The van der Waals surface area contributed by atoms with E-state index in [0.717, 1.165) is 17.5 Å². The third-order valence-electron chi connectivity index (χ3n) is 4.26. The Labute approximate surface area is 168 Å². The van der Waals surface area contributed by atoms with Crippen molar-refractivity contribution in [3.05, 3.63) is 76.2 Å². The summed E-state index contributed by atoms with van der Waals surface area (Å²) in [7, 11) is 0. The third-order valence-corrected chi connectivity index (χ3v) is 4.77. The zero-order chi connectivity index (χ0) is 19.2. The van der Waals surface area contributed by atoms with Gasteiger partial charge in [-0.1, -0.05) is 42.3 Å². The Morgan fingerprint density at radius 3 is 2.33 bits per heavy atom. The second-order valence-corrected chi connectivity index (χ2v) is 7.08. The van der Waals surface area contributed by atoms with Crippen molar-refractivity contribution in [3.8, 4) is 11.3 Å². The van der Waals surface area contributed by atoms with Gasteiger partial charge in [-0.2, -0.15) is 0 Å². The van der Waals surface area contributed by atoms with E-state index in [-0.39, 0.29) is 11.9 Å². The molecule has 0 fully saturated rings. The van der Waals surface area contributed by atoms with Crippen molar-refractivity contribution in [1.82, 2.24) is 10.3 Å². The first kappa shape index (κ1) is 19.5. The topological polar surface area (TPSA) is 55.1 Å². The molecule has 140 valence electrons. The van der Waals surface area contributed by atoms with E-state index in [9.17, 15) is 4.79 Å².